The molecule has 0 bridgehead atoms. The normalized spacial score (nSPS) is 12.0. The topological polar surface area (TPSA) is 88.5 Å². The first-order chi connectivity index (χ1) is 9.38. The van der Waals surface area contributed by atoms with E-state index in [0.717, 1.165) is 0 Å². The van der Waals surface area contributed by atoms with Gasteiger partial charge in [0.05, 0.1) is 11.7 Å². The molecule has 0 aromatic carbocycles. The van der Waals surface area contributed by atoms with Crippen LogP contribution in [0.1, 0.15) is 44.0 Å². The van der Waals surface area contributed by atoms with Crippen molar-refractivity contribution in [1.29, 1.82) is 0 Å². The zero-order valence-corrected chi connectivity index (χ0v) is 11.9. The molecule has 2 N–H and O–H groups in total. The summed E-state index contributed by atoms with van der Waals surface area (Å²) in [4.78, 5) is 26.4. The van der Waals surface area contributed by atoms with Crippen molar-refractivity contribution in [3.05, 3.63) is 23.9 Å². The van der Waals surface area contributed by atoms with Gasteiger partial charge in [-0.25, -0.2) is 4.98 Å². The number of rotatable bonds is 7. The van der Waals surface area contributed by atoms with E-state index in [1.54, 1.807) is 19.1 Å². The average molecular weight is 280 g/mol. The molecule has 0 aliphatic heterocycles. The van der Waals surface area contributed by atoms with Crippen molar-refractivity contribution in [2.45, 2.75) is 45.8 Å². The van der Waals surface area contributed by atoms with Crippen LogP contribution in [-0.2, 0) is 4.79 Å². The Morgan fingerprint density at radius 1 is 1.35 bits per heavy atom. The molecule has 1 aromatic heterocycles. The Morgan fingerprint density at radius 2 is 2.05 bits per heavy atom. The lowest BCUT2D eigenvalue weighted by molar-refractivity contribution is -0.137. The number of amides is 1. The molecule has 20 heavy (non-hydrogen) atoms. The molecule has 0 spiro atoms. The third-order valence-corrected chi connectivity index (χ3v) is 2.52. The van der Waals surface area contributed by atoms with Crippen LogP contribution in [0.4, 0.5) is 0 Å². The Morgan fingerprint density at radius 3 is 2.55 bits per heavy atom. The van der Waals surface area contributed by atoms with E-state index in [0.29, 0.717) is 17.9 Å². The van der Waals surface area contributed by atoms with Gasteiger partial charge in [0.1, 0.15) is 0 Å². The van der Waals surface area contributed by atoms with Gasteiger partial charge in [0.25, 0.3) is 5.91 Å². The third kappa shape index (κ3) is 5.69. The van der Waals surface area contributed by atoms with Crippen LogP contribution in [0.15, 0.2) is 18.3 Å². The molecule has 0 aliphatic carbocycles. The third-order valence-electron chi connectivity index (χ3n) is 2.52. The van der Waals surface area contributed by atoms with Gasteiger partial charge in [0, 0.05) is 24.7 Å². The maximum atomic E-state index is 11.9. The van der Waals surface area contributed by atoms with E-state index >= 15 is 0 Å². The van der Waals surface area contributed by atoms with Crippen molar-refractivity contribution in [1.82, 2.24) is 10.3 Å². The second-order valence-corrected chi connectivity index (χ2v) is 4.86. The lowest BCUT2D eigenvalue weighted by Gasteiger charge is -2.13. The number of nitrogens with one attached hydrogen (secondary N) is 1. The summed E-state index contributed by atoms with van der Waals surface area (Å²) >= 11 is 0. The summed E-state index contributed by atoms with van der Waals surface area (Å²) in [5.41, 5.74) is 0.420. The standard InChI is InChI=1S/C14H20N2O4/c1-9(2)20-12-6-5-11(8-15-12)14(19)16-10(3)4-7-13(17)18/h5-6,8-10H,4,7H2,1-3H3,(H,16,19)(H,17,18). The van der Waals surface area contributed by atoms with Gasteiger partial charge in [0.2, 0.25) is 5.88 Å². The number of pyridine rings is 1. The van der Waals surface area contributed by atoms with E-state index in [2.05, 4.69) is 10.3 Å². The second kappa shape index (κ2) is 7.47. The van der Waals surface area contributed by atoms with Crippen LogP contribution in [0.2, 0.25) is 0 Å². The molecule has 1 atom stereocenters. The van der Waals surface area contributed by atoms with Crippen molar-refractivity contribution >= 4 is 11.9 Å². The summed E-state index contributed by atoms with van der Waals surface area (Å²) in [7, 11) is 0. The second-order valence-electron chi connectivity index (χ2n) is 4.86. The highest BCUT2D eigenvalue weighted by molar-refractivity contribution is 5.94. The molecule has 1 aromatic rings. The lowest BCUT2D eigenvalue weighted by atomic mass is 10.1. The van der Waals surface area contributed by atoms with Crippen LogP contribution in [0.3, 0.4) is 0 Å². The molecule has 110 valence electrons. The van der Waals surface area contributed by atoms with Gasteiger partial charge in [0.15, 0.2) is 0 Å². The number of aliphatic carboxylic acids is 1. The summed E-state index contributed by atoms with van der Waals surface area (Å²) in [5.74, 6) is -0.676. The van der Waals surface area contributed by atoms with Gasteiger partial charge in [-0.2, -0.15) is 0 Å². The van der Waals surface area contributed by atoms with Crippen molar-refractivity contribution in [2.75, 3.05) is 0 Å². The Bertz CT molecular complexity index is 457. The molecule has 6 nitrogen and oxygen atoms in total. The molecular weight excluding hydrogens is 260 g/mol. The monoisotopic (exact) mass is 280 g/mol. The van der Waals surface area contributed by atoms with Crippen LogP contribution in [-0.4, -0.2) is 34.1 Å². The highest BCUT2D eigenvalue weighted by atomic mass is 16.5. The SMILES string of the molecule is CC(CCC(=O)O)NC(=O)c1ccc(OC(C)C)nc1. The van der Waals surface area contributed by atoms with Crippen LogP contribution in [0, 0.1) is 0 Å². The molecule has 1 unspecified atom stereocenters. The van der Waals surface area contributed by atoms with Gasteiger partial charge < -0.3 is 15.2 Å². The molecule has 1 heterocycles. The Labute approximate surface area is 118 Å². The van der Waals surface area contributed by atoms with Gasteiger partial charge in [-0.1, -0.05) is 0 Å². The zero-order chi connectivity index (χ0) is 15.1. The summed E-state index contributed by atoms with van der Waals surface area (Å²) in [6.07, 6.45) is 1.89. The van der Waals surface area contributed by atoms with Crippen molar-refractivity contribution < 1.29 is 19.4 Å². The minimum absolute atomic E-state index is 0.0261. The highest BCUT2D eigenvalue weighted by Crippen LogP contribution is 2.10. The van der Waals surface area contributed by atoms with Gasteiger partial charge >= 0.3 is 5.97 Å². The zero-order valence-electron chi connectivity index (χ0n) is 11.9. The van der Waals surface area contributed by atoms with E-state index in [4.69, 9.17) is 9.84 Å². The van der Waals surface area contributed by atoms with E-state index in [-0.39, 0.29) is 24.5 Å². The smallest absolute Gasteiger partial charge is 0.303 e. The summed E-state index contributed by atoms with van der Waals surface area (Å²) in [6.45, 7) is 5.56. The maximum Gasteiger partial charge on any atom is 0.303 e. The largest absolute Gasteiger partial charge is 0.481 e. The number of aromatic nitrogens is 1. The predicted octanol–water partition coefficient (Wildman–Crippen LogP) is 1.85. The molecule has 0 radical (unpaired) electrons. The van der Waals surface area contributed by atoms with Crippen molar-refractivity contribution in [3.63, 3.8) is 0 Å². The molecular formula is C14H20N2O4. The van der Waals surface area contributed by atoms with Gasteiger partial charge in [-0.15, -0.1) is 0 Å². The van der Waals surface area contributed by atoms with Gasteiger partial charge in [-0.3, -0.25) is 9.59 Å². The fraction of sp³-hybridized carbons (Fsp3) is 0.500. The van der Waals surface area contributed by atoms with Crippen LogP contribution in [0.5, 0.6) is 5.88 Å². The van der Waals surface area contributed by atoms with Crippen LogP contribution < -0.4 is 10.1 Å². The molecule has 1 rings (SSSR count). The number of ether oxygens (including phenoxy) is 1. The molecule has 6 heteroatoms. The van der Waals surface area contributed by atoms with E-state index in [9.17, 15) is 9.59 Å². The maximum absolute atomic E-state index is 11.9. The van der Waals surface area contributed by atoms with E-state index in [1.807, 2.05) is 13.8 Å². The van der Waals surface area contributed by atoms with Crippen LogP contribution >= 0.6 is 0 Å². The molecule has 1 amide bonds. The first kappa shape index (κ1) is 15.9. The quantitative estimate of drug-likeness (QED) is 0.795. The summed E-state index contributed by atoms with van der Waals surface area (Å²) < 4.78 is 5.39. The first-order valence-electron chi connectivity index (χ1n) is 6.54. The van der Waals surface area contributed by atoms with Gasteiger partial charge in [-0.05, 0) is 33.3 Å². The number of carbonyl (C=O) groups excluding carboxylic acids is 1. The number of nitrogens with zero attached hydrogens (tertiary/aromatic N) is 1. The summed E-state index contributed by atoms with van der Waals surface area (Å²) in [5, 5.41) is 11.3. The Hall–Kier alpha value is -2.11. The minimum Gasteiger partial charge on any atom is -0.481 e. The van der Waals surface area contributed by atoms with Crippen molar-refractivity contribution in [2.24, 2.45) is 0 Å². The fourth-order valence-electron chi connectivity index (χ4n) is 1.55. The number of carbonyl (C=O) groups is 2. The Kier molecular flexibility index (Phi) is 5.96. The minimum atomic E-state index is -0.872. The van der Waals surface area contributed by atoms with E-state index in [1.165, 1.54) is 6.20 Å². The molecule has 0 saturated carbocycles. The molecule has 0 saturated heterocycles. The highest BCUT2D eigenvalue weighted by Gasteiger charge is 2.11. The molecule has 0 aliphatic rings. The van der Waals surface area contributed by atoms with Crippen molar-refractivity contribution in [3.8, 4) is 5.88 Å². The number of carboxylic acids is 1. The number of hydrogen-bond acceptors (Lipinski definition) is 4. The Balaban J connectivity index is 2.52. The average Bonchev–Trinajstić information content (AvgIpc) is 2.36. The lowest BCUT2D eigenvalue weighted by Crippen LogP contribution is -2.33. The number of carboxylic acid groups (broad SMARTS) is 1. The number of hydrogen-bond donors (Lipinski definition) is 2. The van der Waals surface area contributed by atoms with Crippen LogP contribution in [0.25, 0.3) is 0 Å². The first-order valence-corrected chi connectivity index (χ1v) is 6.54. The molecule has 0 fully saturated rings. The van der Waals surface area contributed by atoms with E-state index < -0.39 is 5.97 Å². The predicted molar refractivity (Wildman–Crippen MR) is 73.8 cm³/mol. The summed E-state index contributed by atoms with van der Waals surface area (Å²) in [6, 6.07) is 3.06. The fourth-order valence-corrected chi connectivity index (χ4v) is 1.55.